The SMILES string of the molecule is C=C/C=C(\C=C/C)c1nc(-c2ccccc2)nc(-c2ccc(-c3ccc4c(oc5ccccc54)c3-c3ccc4c(c3)C(C)(C)c3cc(C#N)ccc3-4)cc2)n1. The van der Waals surface area contributed by atoms with Gasteiger partial charge in [0.15, 0.2) is 17.5 Å². The predicted molar refractivity (Wildman–Crippen MR) is 224 cm³/mol. The number of benzene rings is 6. The van der Waals surface area contributed by atoms with Crippen LogP contribution >= 0.6 is 0 Å². The van der Waals surface area contributed by atoms with Gasteiger partial charge in [-0.1, -0.05) is 142 Å². The number of nitrogens with zero attached hydrogens (tertiary/aromatic N) is 4. The third-order valence-electron chi connectivity index (χ3n) is 10.7. The van der Waals surface area contributed by atoms with Gasteiger partial charge in [0.05, 0.1) is 11.6 Å². The molecule has 9 rings (SSSR count). The Hall–Kier alpha value is -7.16. The van der Waals surface area contributed by atoms with Gasteiger partial charge in [0.1, 0.15) is 11.2 Å². The summed E-state index contributed by atoms with van der Waals surface area (Å²) in [5.74, 6) is 1.77. The first-order chi connectivity index (χ1) is 26.9. The molecule has 8 aromatic rings. The molecule has 0 radical (unpaired) electrons. The summed E-state index contributed by atoms with van der Waals surface area (Å²) in [5, 5.41) is 11.8. The van der Waals surface area contributed by atoms with Gasteiger partial charge in [0, 0.05) is 38.5 Å². The van der Waals surface area contributed by atoms with Crippen molar-refractivity contribution in [2.45, 2.75) is 26.2 Å². The minimum Gasteiger partial charge on any atom is -0.455 e. The minimum atomic E-state index is -0.285. The van der Waals surface area contributed by atoms with Crippen LogP contribution in [0, 0.1) is 11.3 Å². The van der Waals surface area contributed by atoms with E-state index in [9.17, 15) is 5.26 Å². The Morgan fingerprint density at radius 2 is 1.31 bits per heavy atom. The number of nitriles is 1. The van der Waals surface area contributed by atoms with E-state index in [4.69, 9.17) is 19.4 Å². The van der Waals surface area contributed by atoms with Crippen molar-refractivity contribution in [1.82, 2.24) is 15.0 Å². The second kappa shape index (κ2) is 13.4. The predicted octanol–water partition coefficient (Wildman–Crippen LogP) is 12.8. The van der Waals surface area contributed by atoms with Gasteiger partial charge in [0.2, 0.25) is 0 Å². The zero-order valence-electron chi connectivity index (χ0n) is 30.8. The lowest BCUT2D eigenvalue weighted by molar-refractivity contribution is 0.660. The van der Waals surface area contributed by atoms with Gasteiger partial charge >= 0.3 is 0 Å². The van der Waals surface area contributed by atoms with E-state index in [2.05, 4.69) is 99.3 Å². The molecule has 262 valence electrons. The van der Waals surface area contributed by atoms with Crippen LogP contribution in [-0.2, 0) is 5.41 Å². The maximum Gasteiger partial charge on any atom is 0.164 e. The molecule has 2 heterocycles. The number of fused-ring (bicyclic) bond motifs is 6. The number of rotatable bonds is 7. The van der Waals surface area contributed by atoms with Gasteiger partial charge in [0.25, 0.3) is 0 Å². The van der Waals surface area contributed by atoms with Crippen LogP contribution in [0.1, 0.15) is 43.3 Å². The minimum absolute atomic E-state index is 0.285. The summed E-state index contributed by atoms with van der Waals surface area (Å²) in [6.07, 6.45) is 7.61. The van der Waals surface area contributed by atoms with Crippen molar-refractivity contribution in [2.75, 3.05) is 0 Å². The molecule has 1 aliphatic rings. The van der Waals surface area contributed by atoms with E-state index in [-0.39, 0.29) is 5.41 Å². The van der Waals surface area contributed by atoms with Gasteiger partial charge < -0.3 is 4.42 Å². The summed E-state index contributed by atoms with van der Waals surface area (Å²) < 4.78 is 6.71. The van der Waals surface area contributed by atoms with Gasteiger partial charge in [-0.05, 0) is 76.2 Å². The maximum absolute atomic E-state index is 9.68. The topological polar surface area (TPSA) is 75.6 Å². The molecule has 0 atom stereocenters. The van der Waals surface area contributed by atoms with Gasteiger partial charge in [-0.25, -0.2) is 15.0 Å². The van der Waals surface area contributed by atoms with E-state index in [0.717, 1.165) is 60.9 Å². The fraction of sp³-hybridized carbons (Fsp3) is 0.0800. The Labute approximate surface area is 320 Å². The van der Waals surface area contributed by atoms with Crippen LogP contribution in [-0.4, -0.2) is 15.0 Å². The second-order valence-corrected chi connectivity index (χ2v) is 14.3. The molecule has 0 saturated heterocycles. The average Bonchev–Trinajstić information content (AvgIpc) is 3.72. The number of allylic oxidation sites excluding steroid dienone is 5. The molecule has 1 aliphatic carbocycles. The average molecular weight is 709 g/mol. The summed E-state index contributed by atoms with van der Waals surface area (Å²) in [6, 6.07) is 46.1. The highest BCUT2D eigenvalue weighted by molar-refractivity contribution is 6.13. The van der Waals surface area contributed by atoms with Crippen molar-refractivity contribution in [3.05, 3.63) is 181 Å². The highest BCUT2D eigenvalue weighted by Gasteiger charge is 2.36. The first-order valence-electron chi connectivity index (χ1n) is 18.4. The van der Waals surface area contributed by atoms with Crippen molar-refractivity contribution >= 4 is 27.5 Å². The zero-order chi connectivity index (χ0) is 37.7. The molecule has 0 unspecified atom stereocenters. The smallest absolute Gasteiger partial charge is 0.164 e. The highest BCUT2D eigenvalue weighted by atomic mass is 16.3. The molecular formula is C50H36N4O. The molecule has 0 fully saturated rings. The largest absolute Gasteiger partial charge is 0.455 e. The molecule has 0 spiro atoms. The number of aromatic nitrogens is 3. The van der Waals surface area contributed by atoms with Crippen LogP contribution < -0.4 is 0 Å². The Kier molecular flexibility index (Phi) is 8.18. The molecule has 0 amide bonds. The van der Waals surface area contributed by atoms with Gasteiger partial charge in [-0.3, -0.25) is 0 Å². The van der Waals surface area contributed by atoms with Crippen LogP contribution in [0.4, 0.5) is 0 Å². The van der Waals surface area contributed by atoms with E-state index in [1.54, 1.807) is 6.08 Å². The van der Waals surface area contributed by atoms with Gasteiger partial charge in [-0.2, -0.15) is 5.26 Å². The van der Waals surface area contributed by atoms with Crippen LogP contribution in [0.5, 0.6) is 0 Å². The Morgan fingerprint density at radius 3 is 2.04 bits per heavy atom. The molecule has 2 aromatic heterocycles. The third kappa shape index (κ3) is 5.67. The summed E-state index contributed by atoms with van der Waals surface area (Å²) in [7, 11) is 0. The second-order valence-electron chi connectivity index (χ2n) is 14.3. The summed E-state index contributed by atoms with van der Waals surface area (Å²) in [5.41, 5.74) is 13.7. The normalized spacial score (nSPS) is 13.2. The van der Waals surface area contributed by atoms with E-state index >= 15 is 0 Å². The number of furan rings is 1. The van der Waals surface area contributed by atoms with Crippen molar-refractivity contribution in [1.29, 1.82) is 5.26 Å². The van der Waals surface area contributed by atoms with Crippen LogP contribution in [0.3, 0.4) is 0 Å². The molecule has 5 heteroatoms. The van der Waals surface area contributed by atoms with Crippen LogP contribution in [0.2, 0.25) is 0 Å². The Bertz CT molecular complexity index is 2920. The standard InChI is InChI=1S/C50H36N4O/c1-5-12-33(13-6-2)47-52-48(34-14-8-7-9-15-34)54-49(53-47)35-21-19-32(20-22-35)37-26-27-41-40-16-10-11-17-44(40)55-46(41)45(37)36-23-25-39-38-24-18-31(30-51)28-42(38)50(3,4)43(39)29-36/h5-29H,1H2,2-4H3/b13-6-,33-12+. The lowest BCUT2D eigenvalue weighted by Crippen LogP contribution is -2.15. The van der Waals surface area contributed by atoms with E-state index in [1.807, 2.05) is 79.7 Å². The quantitative estimate of drug-likeness (QED) is 0.154. The summed E-state index contributed by atoms with van der Waals surface area (Å²) >= 11 is 0. The third-order valence-corrected chi connectivity index (χ3v) is 10.7. The Balaban J connectivity index is 1.20. The highest BCUT2D eigenvalue weighted by Crippen LogP contribution is 2.51. The van der Waals surface area contributed by atoms with Crippen molar-refractivity contribution in [3.8, 4) is 62.2 Å². The van der Waals surface area contributed by atoms with Gasteiger partial charge in [-0.15, -0.1) is 0 Å². The van der Waals surface area contributed by atoms with Crippen molar-refractivity contribution in [3.63, 3.8) is 0 Å². The van der Waals surface area contributed by atoms with Crippen molar-refractivity contribution < 1.29 is 4.42 Å². The molecular weight excluding hydrogens is 673 g/mol. The van der Waals surface area contributed by atoms with E-state index in [0.29, 0.717) is 23.0 Å². The first-order valence-corrected chi connectivity index (χ1v) is 18.4. The van der Waals surface area contributed by atoms with E-state index in [1.165, 1.54) is 22.3 Å². The summed E-state index contributed by atoms with van der Waals surface area (Å²) in [4.78, 5) is 14.8. The molecule has 0 aliphatic heterocycles. The van der Waals surface area contributed by atoms with Crippen LogP contribution in [0.25, 0.3) is 83.7 Å². The molecule has 0 N–H and O–H groups in total. The monoisotopic (exact) mass is 708 g/mol. The lowest BCUT2D eigenvalue weighted by Gasteiger charge is -2.22. The molecule has 0 saturated carbocycles. The lowest BCUT2D eigenvalue weighted by atomic mass is 9.80. The fourth-order valence-corrected chi connectivity index (χ4v) is 7.94. The fourth-order valence-electron chi connectivity index (χ4n) is 7.94. The number of para-hydroxylation sites is 1. The van der Waals surface area contributed by atoms with Crippen LogP contribution in [0.15, 0.2) is 163 Å². The van der Waals surface area contributed by atoms with Crippen molar-refractivity contribution in [2.24, 2.45) is 0 Å². The number of hydrogen-bond donors (Lipinski definition) is 0. The molecule has 6 aromatic carbocycles. The molecule has 5 nitrogen and oxygen atoms in total. The Morgan fingerprint density at radius 1 is 0.673 bits per heavy atom. The first kappa shape index (κ1) is 33.7. The molecule has 55 heavy (non-hydrogen) atoms. The number of hydrogen-bond acceptors (Lipinski definition) is 5. The molecule has 0 bridgehead atoms. The maximum atomic E-state index is 9.68. The summed E-state index contributed by atoms with van der Waals surface area (Å²) in [6.45, 7) is 10.4. The zero-order valence-corrected chi connectivity index (χ0v) is 30.8. The van der Waals surface area contributed by atoms with E-state index < -0.39 is 0 Å².